The van der Waals surface area contributed by atoms with Gasteiger partial charge in [0.1, 0.15) is 5.75 Å². The van der Waals surface area contributed by atoms with E-state index in [1.54, 1.807) is 6.26 Å². The zero-order chi connectivity index (χ0) is 6.81. The van der Waals surface area contributed by atoms with Gasteiger partial charge in [0, 0.05) is 38.1 Å². The molecule has 0 spiro atoms. The van der Waals surface area contributed by atoms with Gasteiger partial charge in [-0.3, -0.25) is 0 Å². The van der Waals surface area contributed by atoms with Crippen molar-refractivity contribution in [3.05, 3.63) is 42.2 Å². The molecule has 1 aromatic carbocycles. The number of allylic oxidation sites excluding steroid dienone is 1. The van der Waals surface area contributed by atoms with Crippen LogP contribution in [0.5, 0.6) is 5.75 Å². The first-order valence-electron chi connectivity index (χ1n) is 3.36. The van der Waals surface area contributed by atoms with E-state index in [1.165, 1.54) is 5.56 Å². The Kier molecular flexibility index (Phi) is 8.76. The molecule has 0 amide bonds. The second-order valence-corrected chi connectivity index (χ2v) is 2.30. The molecule has 1 aliphatic rings. The van der Waals surface area contributed by atoms with Gasteiger partial charge in [-0.05, 0) is 24.1 Å². The van der Waals surface area contributed by atoms with E-state index >= 15 is 0 Å². The van der Waals surface area contributed by atoms with E-state index in [1.807, 2.05) is 24.3 Å². The van der Waals surface area contributed by atoms with Crippen molar-refractivity contribution in [1.82, 2.24) is 0 Å². The Hall–Kier alpha value is -0.0322. The first-order valence-corrected chi connectivity index (χ1v) is 3.36. The van der Waals surface area contributed by atoms with Crippen LogP contribution in [0.1, 0.15) is 13.0 Å². The van der Waals surface area contributed by atoms with Gasteiger partial charge in [0.15, 0.2) is 0 Å². The standard InChI is InChI=1S/C9H8O.CH4.Fe.Mo/c1-2-6-9-8(4-1)5-3-7-10-9;;;/h1-4,6-7H,5H2;1H4;;. The molecular formula is C10H12FeMoO. The summed E-state index contributed by atoms with van der Waals surface area (Å²) in [5.41, 5.74) is 1.27. The number of benzene rings is 1. The molecule has 0 atom stereocenters. The summed E-state index contributed by atoms with van der Waals surface area (Å²) in [6.07, 6.45) is 4.75. The van der Waals surface area contributed by atoms with Gasteiger partial charge in [-0.2, -0.15) is 0 Å². The van der Waals surface area contributed by atoms with Crippen LogP contribution in [-0.2, 0) is 44.6 Å². The van der Waals surface area contributed by atoms with Gasteiger partial charge < -0.3 is 4.74 Å². The normalized spacial score (nSPS) is 10.8. The van der Waals surface area contributed by atoms with Crippen molar-refractivity contribution in [3.8, 4) is 5.75 Å². The summed E-state index contributed by atoms with van der Waals surface area (Å²) >= 11 is 0. The molecule has 2 rings (SSSR count). The first-order chi connectivity index (χ1) is 4.97. The molecule has 0 saturated heterocycles. The van der Waals surface area contributed by atoms with Gasteiger partial charge in [-0.25, -0.2) is 0 Å². The van der Waals surface area contributed by atoms with Gasteiger partial charge in [0.05, 0.1) is 6.26 Å². The molecule has 0 unspecified atom stereocenters. The summed E-state index contributed by atoms with van der Waals surface area (Å²) < 4.78 is 5.24. The van der Waals surface area contributed by atoms with E-state index in [4.69, 9.17) is 4.74 Å². The van der Waals surface area contributed by atoms with Crippen molar-refractivity contribution in [2.75, 3.05) is 0 Å². The maximum atomic E-state index is 5.24. The van der Waals surface area contributed by atoms with Crippen molar-refractivity contribution in [1.29, 1.82) is 0 Å². The van der Waals surface area contributed by atoms with Crippen LogP contribution >= 0.6 is 0 Å². The summed E-state index contributed by atoms with van der Waals surface area (Å²) in [7, 11) is 0. The molecule has 1 heterocycles. The number of fused-ring (bicyclic) bond motifs is 1. The van der Waals surface area contributed by atoms with Crippen LogP contribution in [0.15, 0.2) is 36.6 Å². The Morgan fingerprint density at radius 3 is 2.54 bits per heavy atom. The second kappa shape index (κ2) is 7.38. The fourth-order valence-electron chi connectivity index (χ4n) is 1.08. The number of para-hydroxylation sites is 1. The van der Waals surface area contributed by atoms with Gasteiger partial charge in [-0.15, -0.1) is 0 Å². The molecule has 0 N–H and O–H groups in total. The van der Waals surface area contributed by atoms with E-state index < -0.39 is 0 Å². The second-order valence-electron chi connectivity index (χ2n) is 2.30. The Labute approximate surface area is 104 Å². The minimum Gasteiger partial charge on any atom is -0.465 e. The van der Waals surface area contributed by atoms with Crippen LogP contribution in [0.4, 0.5) is 0 Å². The topological polar surface area (TPSA) is 9.23 Å². The van der Waals surface area contributed by atoms with Crippen LogP contribution in [0.2, 0.25) is 0 Å². The molecule has 3 heteroatoms. The summed E-state index contributed by atoms with van der Waals surface area (Å²) in [5.74, 6) is 0.991. The molecule has 0 fully saturated rings. The van der Waals surface area contributed by atoms with Gasteiger partial charge >= 0.3 is 0 Å². The molecule has 0 aromatic heterocycles. The van der Waals surface area contributed by atoms with Crippen molar-refractivity contribution in [3.63, 3.8) is 0 Å². The predicted molar refractivity (Wildman–Crippen MR) is 46.6 cm³/mol. The molecule has 13 heavy (non-hydrogen) atoms. The number of rotatable bonds is 0. The Morgan fingerprint density at radius 2 is 1.85 bits per heavy atom. The van der Waals surface area contributed by atoms with E-state index in [0.29, 0.717) is 0 Å². The SMILES string of the molecule is C.C1=COc2ccccc2C1.[Fe].[Mo]. The minimum atomic E-state index is 0. The largest absolute Gasteiger partial charge is 0.465 e. The van der Waals surface area contributed by atoms with Crippen LogP contribution in [-0.4, -0.2) is 0 Å². The monoisotopic (exact) mass is 302 g/mol. The van der Waals surface area contributed by atoms with E-state index in [2.05, 4.69) is 6.07 Å². The van der Waals surface area contributed by atoms with Crippen LogP contribution in [0.3, 0.4) is 0 Å². The maximum absolute atomic E-state index is 5.24. The van der Waals surface area contributed by atoms with Gasteiger partial charge in [-0.1, -0.05) is 25.6 Å². The van der Waals surface area contributed by atoms with Crippen LogP contribution in [0.25, 0.3) is 0 Å². The van der Waals surface area contributed by atoms with Crippen LogP contribution in [0, 0.1) is 0 Å². The van der Waals surface area contributed by atoms with Crippen LogP contribution < -0.4 is 4.74 Å². The fraction of sp³-hybridized carbons (Fsp3) is 0.200. The van der Waals surface area contributed by atoms with Gasteiger partial charge in [0.25, 0.3) is 0 Å². The zero-order valence-electron chi connectivity index (χ0n) is 6.34. The molecule has 72 valence electrons. The smallest absolute Gasteiger partial charge is 0.130 e. The Morgan fingerprint density at radius 1 is 1.15 bits per heavy atom. The molecule has 1 nitrogen and oxygen atoms in total. The third kappa shape index (κ3) is 3.68. The molecule has 1 aromatic rings. The molecule has 0 aliphatic carbocycles. The summed E-state index contributed by atoms with van der Waals surface area (Å²) in [6, 6.07) is 8.08. The average molecular weight is 300 g/mol. The van der Waals surface area contributed by atoms with Crippen molar-refractivity contribution >= 4 is 0 Å². The molecule has 0 saturated carbocycles. The third-order valence-corrected chi connectivity index (χ3v) is 1.60. The van der Waals surface area contributed by atoms with E-state index in [0.717, 1.165) is 12.2 Å². The summed E-state index contributed by atoms with van der Waals surface area (Å²) in [6.45, 7) is 0. The van der Waals surface area contributed by atoms with Gasteiger partial charge in [0.2, 0.25) is 0 Å². The van der Waals surface area contributed by atoms with Crippen molar-refractivity contribution < 1.29 is 42.9 Å². The quantitative estimate of drug-likeness (QED) is 0.670. The molecular weight excluding hydrogens is 288 g/mol. The summed E-state index contributed by atoms with van der Waals surface area (Å²) in [5, 5.41) is 0. The fourth-order valence-corrected chi connectivity index (χ4v) is 1.08. The molecule has 0 bridgehead atoms. The van der Waals surface area contributed by atoms with Crippen molar-refractivity contribution in [2.24, 2.45) is 0 Å². The number of hydrogen-bond acceptors (Lipinski definition) is 1. The molecule has 0 radical (unpaired) electrons. The number of hydrogen-bond donors (Lipinski definition) is 0. The average Bonchev–Trinajstić information content (AvgIpc) is 2.05. The first kappa shape index (κ1) is 15.4. The Bertz CT molecular complexity index is 246. The third-order valence-electron chi connectivity index (χ3n) is 1.60. The summed E-state index contributed by atoms with van der Waals surface area (Å²) in [4.78, 5) is 0. The van der Waals surface area contributed by atoms with E-state index in [-0.39, 0.29) is 45.6 Å². The number of ether oxygens (including phenoxy) is 1. The predicted octanol–water partition coefficient (Wildman–Crippen LogP) is 2.77. The van der Waals surface area contributed by atoms with E-state index in [9.17, 15) is 0 Å². The maximum Gasteiger partial charge on any atom is 0.130 e. The molecule has 1 aliphatic heterocycles. The Balaban J connectivity index is 0. The minimum absolute atomic E-state index is 0. The zero-order valence-corrected chi connectivity index (χ0v) is 9.45. The van der Waals surface area contributed by atoms with Crippen molar-refractivity contribution in [2.45, 2.75) is 13.8 Å².